The van der Waals surface area contributed by atoms with Gasteiger partial charge in [-0.05, 0) is 79.9 Å². The summed E-state index contributed by atoms with van der Waals surface area (Å²) in [6.07, 6.45) is 1.11. The molecule has 0 radical (unpaired) electrons. The van der Waals surface area contributed by atoms with E-state index in [0.29, 0.717) is 35.6 Å². The van der Waals surface area contributed by atoms with E-state index < -0.39 is 17.8 Å². The quantitative estimate of drug-likeness (QED) is 0.249. The summed E-state index contributed by atoms with van der Waals surface area (Å²) in [6.45, 7) is 4.08. The summed E-state index contributed by atoms with van der Waals surface area (Å²) >= 11 is 0. The van der Waals surface area contributed by atoms with Crippen LogP contribution in [0.25, 0.3) is 0 Å². The first-order valence-electron chi connectivity index (χ1n) is 13.6. The number of nitrogens with zero attached hydrogens (tertiary/aromatic N) is 2. The molecule has 1 atom stereocenters. The van der Waals surface area contributed by atoms with Gasteiger partial charge >= 0.3 is 0 Å². The van der Waals surface area contributed by atoms with E-state index in [4.69, 9.17) is 16.2 Å². The molecule has 0 spiro atoms. The predicted octanol–water partition coefficient (Wildman–Crippen LogP) is 3.83. The molecule has 2 saturated heterocycles. The molecule has 0 saturated carbocycles. The van der Waals surface area contributed by atoms with Crippen LogP contribution in [0.1, 0.15) is 46.1 Å². The first kappa shape index (κ1) is 27.8. The number of halogens is 2. The molecule has 3 aromatic carbocycles. The van der Waals surface area contributed by atoms with Crippen LogP contribution in [0.4, 0.5) is 25.8 Å². The monoisotopic (exact) mass is 550 g/mol. The average Bonchev–Trinajstić information content (AvgIpc) is 3.36. The van der Waals surface area contributed by atoms with Gasteiger partial charge in [-0.15, -0.1) is 0 Å². The van der Waals surface area contributed by atoms with E-state index in [1.165, 1.54) is 12.1 Å². The van der Waals surface area contributed by atoms with Gasteiger partial charge in [0, 0.05) is 61.0 Å². The van der Waals surface area contributed by atoms with Crippen molar-refractivity contribution in [2.45, 2.75) is 31.5 Å². The summed E-state index contributed by atoms with van der Waals surface area (Å²) in [4.78, 5) is 18.1. The van der Waals surface area contributed by atoms with Gasteiger partial charge in [0.1, 0.15) is 17.8 Å². The van der Waals surface area contributed by atoms with Crippen molar-refractivity contribution < 1.29 is 18.3 Å². The Kier molecular flexibility index (Phi) is 8.49. The maximum absolute atomic E-state index is 13.7. The maximum Gasteiger partial charge on any atom is 0.254 e. The SMILES string of the molecule is CN1CCN(c2ccc(C(=O)NC(N)c3cc(Cc4cc(F)cc(F)c4)ccc3N)c(NC3CCOCC3)c2)C1. The van der Waals surface area contributed by atoms with Crippen LogP contribution in [0.3, 0.4) is 0 Å². The van der Waals surface area contributed by atoms with Gasteiger partial charge in [0.15, 0.2) is 0 Å². The largest absolute Gasteiger partial charge is 0.398 e. The molecule has 10 heteroatoms. The highest BCUT2D eigenvalue weighted by Gasteiger charge is 2.23. The highest BCUT2D eigenvalue weighted by atomic mass is 19.1. The molecule has 2 aliphatic rings. The molecule has 1 amide bonds. The van der Waals surface area contributed by atoms with Crippen molar-refractivity contribution in [3.63, 3.8) is 0 Å². The van der Waals surface area contributed by atoms with Crippen LogP contribution < -0.4 is 27.0 Å². The van der Waals surface area contributed by atoms with Gasteiger partial charge < -0.3 is 31.7 Å². The van der Waals surface area contributed by atoms with E-state index in [-0.39, 0.29) is 18.4 Å². The lowest BCUT2D eigenvalue weighted by Crippen LogP contribution is -2.36. The maximum atomic E-state index is 13.7. The number of carbonyl (C=O) groups excluding carboxylic acids is 1. The van der Waals surface area contributed by atoms with Gasteiger partial charge in [0.2, 0.25) is 0 Å². The number of hydrogen-bond acceptors (Lipinski definition) is 7. The lowest BCUT2D eigenvalue weighted by Gasteiger charge is -2.27. The van der Waals surface area contributed by atoms with E-state index in [1.54, 1.807) is 18.2 Å². The Bertz CT molecular complexity index is 1340. The fraction of sp³-hybridized carbons (Fsp3) is 0.367. The smallest absolute Gasteiger partial charge is 0.254 e. The molecular weight excluding hydrogens is 514 g/mol. The Morgan fingerprint density at radius 2 is 1.77 bits per heavy atom. The molecule has 8 nitrogen and oxygen atoms in total. The predicted molar refractivity (Wildman–Crippen MR) is 153 cm³/mol. The van der Waals surface area contributed by atoms with Crippen molar-refractivity contribution in [1.82, 2.24) is 10.2 Å². The second-order valence-corrected chi connectivity index (χ2v) is 10.6. The number of carbonyl (C=O) groups is 1. The van der Waals surface area contributed by atoms with Crippen molar-refractivity contribution in [2.24, 2.45) is 5.73 Å². The number of anilines is 3. The van der Waals surface area contributed by atoms with E-state index in [2.05, 4.69) is 27.5 Å². The van der Waals surface area contributed by atoms with E-state index in [9.17, 15) is 13.6 Å². The minimum absolute atomic E-state index is 0.200. The molecule has 1 unspecified atom stereocenters. The number of nitrogen functional groups attached to an aromatic ring is 1. The molecule has 2 heterocycles. The summed E-state index contributed by atoms with van der Waals surface area (Å²) in [6, 6.07) is 14.7. The summed E-state index contributed by atoms with van der Waals surface area (Å²) < 4.78 is 32.9. The Balaban J connectivity index is 1.35. The summed E-state index contributed by atoms with van der Waals surface area (Å²) in [5.41, 5.74) is 17.1. The average molecular weight is 551 g/mol. The van der Waals surface area contributed by atoms with Crippen molar-refractivity contribution in [3.8, 4) is 0 Å². The molecule has 3 aromatic rings. The zero-order valence-corrected chi connectivity index (χ0v) is 22.6. The topological polar surface area (TPSA) is 109 Å². The minimum atomic E-state index is -0.889. The lowest BCUT2D eigenvalue weighted by molar-refractivity contribution is 0.0903. The standard InChI is InChI=1S/C30H36F2N6O2/c1-37-8-9-38(18-37)24-3-4-25(28(17-24)35-23-6-10-40-11-7-23)30(39)36-29(34)26-15-19(2-5-27(26)33)12-20-13-21(31)16-22(32)14-20/h2-5,13-17,23,29,35H,6-12,18,33-34H2,1H3,(H,36,39). The number of nitrogens with two attached hydrogens (primary N) is 2. The molecule has 5 rings (SSSR count). The van der Waals surface area contributed by atoms with Gasteiger partial charge in [-0.25, -0.2) is 8.78 Å². The van der Waals surface area contributed by atoms with Gasteiger partial charge in [-0.2, -0.15) is 0 Å². The van der Waals surface area contributed by atoms with Crippen molar-refractivity contribution in [2.75, 3.05) is 56.0 Å². The first-order chi connectivity index (χ1) is 19.2. The highest BCUT2D eigenvalue weighted by Crippen LogP contribution is 2.29. The van der Waals surface area contributed by atoms with E-state index >= 15 is 0 Å². The number of nitrogens with one attached hydrogen (secondary N) is 2. The molecule has 0 aliphatic carbocycles. The number of likely N-dealkylation sites (N-methyl/N-ethyl adjacent to an activating group) is 1. The van der Waals surface area contributed by atoms with Crippen LogP contribution >= 0.6 is 0 Å². The molecule has 0 aromatic heterocycles. The third kappa shape index (κ3) is 6.70. The Hall–Kier alpha value is -3.73. The Morgan fingerprint density at radius 1 is 1.02 bits per heavy atom. The fourth-order valence-electron chi connectivity index (χ4n) is 5.29. The summed E-state index contributed by atoms with van der Waals surface area (Å²) in [5, 5.41) is 6.46. The van der Waals surface area contributed by atoms with Crippen molar-refractivity contribution in [3.05, 3.63) is 88.5 Å². The number of ether oxygens (including phenoxy) is 1. The van der Waals surface area contributed by atoms with E-state index in [0.717, 1.165) is 55.6 Å². The number of hydrogen-bond donors (Lipinski definition) is 4. The van der Waals surface area contributed by atoms with Gasteiger partial charge in [0.05, 0.1) is 12.2 Å². The molecule has 212 valence electrons. The zero-order chi connectivity index (χ0) is 28.2. The first-order valence-corrected chi connectivity index (χ1v) is 13.6. The molecule has 0 bridgehead atoms. The van der Waals surface area contributed by atoms with E-state index in [1.807, 2.05) is 18.2 Å². The number of amides is 1. The van der Waals surface area contributed by atoms with Gasteiger partial charge in [0.25, 0.3) is 5.91 Å². The third-order valence-corrected chi connectivity index (χ3v) is 7.46. The highest BCUT2D eigenvalue weighted by molar-refractivity contribution is 6.00. The Morgan fingerprint density at radius 3 is 2.48 bits per heavy atom. The van der Waals surface area contributed by atoms with Crippen LogP contribution in [0.15, 0.2) is 54.6 Å². The van der Waals surface area contributed by atoms with Gasteiger partial charge in [-0.1, -0.05) is 6.07 Å². The lowest BCUT2D eigenvalue weighted by atomic mass is 10.00. The third-order valence-electron chi connectivity index (χ3n) is 7.46. The van der Waals surface area contributed by atoms with Gasteiger partial charge in [-0.3, -0.25) is 9.69 Å². The van der Waals surface area contributed by atoms with Crippen LogP contribution in [0.5, 0.6) is 0 Å². The fourth-order valence-corrected chi connectivity index (χ4v) is 5.29. The second-order valence-electron chi connectivity index (χ2n) is 10.6. The van der Waals surface area contributed by atoms with Crippen molar-refractivity contribution >= 4 is 23.0 Å². The minimum Gasteiger partial charge on any atom is -0.398 e. The molecule has 6 N–H and O–H groups in total. The molecule has 2 fully saturated rings. The summed E-state index contributed by atoms with van der Waals surface area (Å²) in [5.74, 6) is -1.60. The van der Waals surface area contributed by atoms with Crippen LogP contribution in [-0.2, 0) is 11.2 Å². The number of rotatable bonds is 8. The Labute approximate surface area is 233 Å². The zero-order valence-electron chi connectivity index (χ0n) is 22.6. The van der Waals surface area contributed by atoms with Crippen molar-refractivity contribution in [1.29, 1.82) is 0 Å². The second kappa shape index (κ2) is 12.2. The van der Waals surface area contributed by atoms with Crippen LogP contribution in [0.2, 0.25) is 0 Å². The molecule has 40 heavy (non-hydrogen) atoms. The molecule has 2 aliphatic heterocycles. The van der Waals surface area contributed by atoms with Crippen LogP contribution in [0, 0.1) is 11.6 Å². The summed E-state index contributed by atoms with van der Waals surface area (Å²) in [7, 11) is 2.08. The normalized spacial score (nSPS) is 17.1. The van der Waals surface area contributed by atoms with Crippen LogP contribution in [-0.4, -0.2) is 56.9 Å². The number of benzene rings is 3. The molecular formula is C30H36F2N6O2.